The molecule has 2 atom stereocenters. The average molecular weight is 490 g/mol. The van der Waals surface area contributed by atoms with E-state index < -0.39 is 0 Å². The molecule has 4 aromatic rings. The van der Waals surface area contributed by atoms with E-state index in [2.05, 4.69) is 33.2 Å². The van der Waals surface area contributed by atoms with Crippen LogP contribution in [-0.2, 0) is 6.54 Å². The number of nitrogens with zero attached hydrogens (tertiary/aromatic N) is 4. The molecular weight excluding hydrogens is 466 g/mol. The van der Waals surface area contributed by atoms with Crippen LogP contribution in [0.2, 0.25) is 5.02 Å². The summed E-state index contributed by atoms with van der Waals surface area (Å²) in [5.41, 5.74) is 5.79. The predicted octanol–water partition coefficient (Wildman–Crippen LogP) is 5.42. The van der Waals surface area contributed by atoms with Crippen LogP contribution in [0.1, 0.15) is 40.3 Å². The molecule has 0 unspecified atom stereocenters. The van der Waals surface area contributed by atoms with E-state index in [9.17, 15) is 5.11 Å². The molecule has 3 aromatic heterocycles. The molecule has 1 aliphatic heterocycles. The monoisotopic (exact) mass is 489 g/mol. The van der Waals surface area contributed by atoms with Crippen LogP contribution in [0.4, 0.5) is 0 Å². The topological polar surface area (TPSA) is 66.2 Å². The van der Waals surface area contributed by atoms with Crippen LogP contribution in [0, 0.1) is 13.8 Å². The van der Waals surface area contributed by atoms with Gasteiger partial charge in [-0.15, -0.1) is 0 Å². The minimum atomic E-state index is -0.127. The van der Waals surface area contributed by atoms with Crippen molar-refractivity contribution in [3.05, 3.63) is 106 Å². The first-order chi connectivity index (χ1) is 16.4. The van der Waals surface area contributed by atoms with Gasteiger partial charge in [-0.25, -0.2) is 0 Å². The zero-order valence-corrected chi connectivity index (χ0v) is 20.4. The lowest BCUT2D eigenvalue weighted by Crippen LogP contribution is -2.29. The normalized spacial score (nSPS) is 17.7. The maximum Gasteiger partial charge on any atom is 0.170 e. The summed E-state index contributed by atoms with van der Waals surface area (Å²) in [6.07, 6.45) is 5.39. The molecule has 34 heavy (non-hydrogen) atoms. The number of aryl methyl sites for hydroxylation is 1. The van der Waals surface area contributed by atoms with Crippen LogP contribution in [0.3, 0.4) is 0 Å². The van der Waals surface area contributed by atoms with Crippen molar-refractivity contribution in [3.63, 3.8) is 0 Å². The molecule has 172 valence electrons. The molecule has 1 aromatic carbocycles. The summed E-state index contributed by atoms with van der Waals surface area (Å²) in [6.45, 7) is 4.72. The number of phenols is 1. The lowest BCUT2D eigenvalue weighted by molar-refractivity contribution is 0.310. The number of pyridine rings is 2. The van der Waals surface area contributed by atoms with Gasteiger partial charge in [0.15, 0.2) is 5.11 Å². The smallest absolute Gasteiger partial charge is 0.170 e. The van der Waals surface area contributed by atoms with E-state index in [1.807, 2.05) is 41.8 Å². The minimum absolute atomic E-state index is 0.100. The van der Waals surface area contributed by atoms with Gasteiger partial charge >= 0.3 is 0 Å². The van der Waals surface area contributed by atoms with E-state index in [1.54, 1.807) is 36.8 Å². The Bertz CT molecular complexity index is 1340. The highest BCUT2D eigenvalue weighted by molar-refractivity contribution is 7.80. The number of nitrogens with one attached hydrogen (secondary N) is 1. The predicted molar refractivity (Wildman–Crippen MR) is 137 cm³/mol. The summed E-state index contributed by atoms with van der Waals surface area (Å²) in [5.74, 6) is 0.174. The van der Waals surface area contributed by atoms with Gasteiger partial charge < -0.3 is 19.9 Å². The van der Waals surface area contributed by atoms with Gasteiger partial charge in [0.2, 0.25) is 0 Å². The fraction of sp³-hybridized carbons (Fsp3) is 0.192. The number of hydrogen-bond acceptors (Lipinski definition) is 4. The minimum Gasteiger partial charge on any atom is -0.506 e. The standard InChI is InChI=1S/C26H24ClN5OS/c1-16-13-20(17(2)32(16)22-14-19(27)6-7-23(22)33)25-24(21-5-3-4-10-29-21)30-26(34)31(25)15-18-8-11-28-12-9-18/h3-14,24-25,33H,15H2,1-2H3,(H,30,34)/t24-,25-/m0/s1. The molecule has 0 saturated carbocycles. The Morgan fingerprint density at radius 2 is 1.85 bits per heavy atom. The third-order valence-electron chi connectivity index (χ3n) is 6.27. The van der Waals surface area contributed by atoms with Crippen molar-refractivity contribution in [3.8, 4) is 11.4 Å². The molecule has 0 bridgehead atoms. The van der Waals surface area contributed by atoms with Crippen LogP contribution in [0.5, 0.6) is 5.75 Å². The van der Waals surface area contributed by atoms with Crippen molar-refractivity contribution in [2.24, 2.45) is 0 Å². The zero-order chi connectivity index (χ0) is 23.8. The van der Waals surface area contributed by atoms with Crippen molar-refractivity contribution in [2.45, 2.75) is 32.5 Å². The quantitative estimate of drug-likeness (QED) is 0.365. The molecule has 4 heterocycles. The highest BCUT2D eigenvalue weighted by Gasteiger charge is 2.41. The molecule has 0 aliphatic carbocycles. The molecule has 1 aliphatic rings. The number of aromatic hydroxyl groups is 1. The Kier molecular flexibility index (Phi) is 5.98. The summed E-state index contributed by atoms with van der Waals surface area (Å²) in [7, 11) is 0. The summed E-state index contributed by atoms with van der Waals surface area (Å²) < 4.78 is 2.04. The Balaban J connectivity index is 1.64. The zero-order valence-electron chi connectivity index (χ0n) is 18.8. The van der Waals surface area contributed by atoms with Crippen molar-refractivity contribution in [1.29, 1.82) is 0 Å². The summed E-state index contributed by atoms with van der Waals surface area (Å²) in [5, 5.41) is 15.3. The number of rotatable bonds is 5. The van der Waals surface area contributed by atoms with Gasteiger partial charge in [-0.3, -0.25) is 9.97 Å². The summed E-state index contributed by atoms with van der Waals surface area (Å²) in [4.78, 5) is 11.0. The molecule has 0 spiro atoms. The number of hydrogen-bond donors (Lipinski definition) is 2. The maximum atomic E-state index is 10.6. The SMILES string of the molecule is Cc1cc([C@H]2[C@H](c3ccccn3)NC(=S)N2Cc2ccncc2)c(C)n1-c1cc(Cl)ccc1O. The van der Waals surface area contributed by atoms with Gasteiger partial charge in [-0.05, 0) is 85.7 Å². The van der Waals surface area contributed by atoms with Crippen LogP contribution < -0.4 is 5.32 Å². The number of thiocarbonyl (C=S) groups is 1. The highest BCUT2D eigenvalue weighted by Crippen LogP contribution is 2.42. The molecule has 5 rings (SSSR count). The van der Waals surface area contributed by atoms with Crippen LogP contribution in [0.15, 0.2) is 73.2 Å². The fourth-order valence-electron chi connectivity index (χ4n) is 4.73. The van der Waals surface area contributed by atoms with Gasteiger partial charge in [-0.1, -0.05) is 17.7 Å². The average Bonchev–Trinajstić information content (AvgIpc) is 3.31. The van der Waals surface area contributed by atoms with E-state index in [-0.39, 0.29) is 17.8 Å². The molecular formula is C26H24ClN5OS. The molecule has 1 saturated heterocycles. The van der Waals surface area contributed by atoms with Gasteiger partial charge in [0.1, 0.15) is 5.75 Å². The van der Waals surface area contributed by atoms with Crippen molar-refractivity contribution >= 4 is 28.9 Å². The highest BCUT2D eigenvalue weighted by atomic mass is 35.5. The third-order valence-corrected chi connectivity index (χ3v) is 6.85. The van der Waals surface area contributed by atoms with E-state index in [1.165, 1.54) is 0 Å². The van der Waals surface area contributed by atoms with Crippen molar-refractivity contribution in [1.82, 2.24) is 24.8 Å². The number of aromatic nitrogens is 3. The third kappa shape index (κ3) is 4.02. The Labute approximate surface area is 208 Å². The molecule has 8 heteroatoms. The Morgan fingerprint density at radius 1 is 1.06 bits per heavy atom. The first-order valence-electron chi connectivity index (χ1n) is 11.0. The lowest BCUT2D eigenvalue weighted by Gasteiger charge is -2.28. The summed E-state index contributed by atoms with van der Waals surface area (Å²) in [6, 6.07) is 16.9. The van der Waals surface area contributed by atoms with Crippen LogP contribution in [-0.4, -0.2) is 29.7 Å². The van der Waals surface area contributed by atoms with Gasteiger partial charge in [0.25, 0.3) is 0 Å². The Morgan fingerprint density at radius 3 is 2.59 bits per heavy atom. The van der Waals surface area contributed by atoms with E-state index in [4.69, 9.17) is 23.8 Å². The molecule has 1 fully saturated rings. The number of benzene rings is 1. The first kappa shape index (κ1) is 22.4. The van der Waals surface area contributed by atoms with Gasteiger partial charge in [0, 0.05) is 41.5 Å². The van der Waals surface area contributed by atoms with E-state index >= 15 is 0 Å². The number of phenolic OH excluding ortho intramolecular Hbond substituents is 1. The number of halogens is 1. The van der Waals surface area contributed by atoms with Crippen molar-refractivity contribution < 1.29 is 5.11 Å². The second-order valence-corrected chi connectivity index (χ2v) is 9.23. The van der Waals surface area contributed by atoms with E-state index in [0.717, 1.165) is 28.2 Å². The molecule has 0 radical (unpaired) electrons. The largest absolute Gasteiger partial charge is 0.506 e. The second-order valence-electron chi connectivity index (χ2n) is 8.40. The second kappa shape index (κ2) is 9.08. The lowest BCUT2D eigenvalue weighted by atomic mass is 9.96. The van der Waals surface area contributed by atoms with Gasteiger partial charge in [0.05, 0.1) is 23.5 Å². The summed E-state index contributed by atoms with van der Waals surface area (Å²) >= 11 is 12.1. The van der Waals surface area contributed by atoms with Crippen LogP contribution in [0.25, 0.3) is 5.69 Å². The molecule has 0 amide bonds. The Hall–Kier alpha value is -3.42. The van der Waals surface area contributed by atoms with Crippen LogP contribution >= 0.6 is 23.8 Å². The van der Waals surface area contributed by atoms with E-state index in [0.29, 0.717) is 22.4 Å². The van der Waals surface area contributed by atoms with Crippen molar-refractivity contribution in [2.75, 3.05) is 0 Å². The first-order valence-corrected chi connectivity index (χ1v) is 11.8. The fourth-order valence-corrected chi connectivity index (χ4v) is 5.20. The molecule has 6 nitrogen and oxygen atoms in total. The maximum absolute atomic E-state index is 10.6. The molecule has 2 N–H and O–H groups in total. The van der Waals surface area contributed by atoms with Gasteiger partial charge in [-0.2, -0.15) is 0 Å².